The van der Waals surface area contributed by atoms with Crippen molar-refractivity contribution in [2.24, 2.45) is 5.92 Å². The maximum atomic E-state index is 12.4. The van der Waals surface area contributed by atoms with Gasteiger partial charge < -0.3 is 9.64 Å². The average Bonchev–Trinajstić information content (AvgIpc) is 2.33. The summed E-state index contributed by atoms with van der Waals surface area (Å²) < 4.78 is 5.27. The molecule has 0 bridgehead atoms. The topological polar surface area (TPSA) is 46.6 Å². The maximum absolute atomic E-state index is 12.4. The van der Waals surface area contributed by atoms with Gasteiger partial charge in [0.25, 0.3) is 0 Å². The molecular formula is C13H21NO3. The summed E-state index contributed by atoms with van der Waals surface area (Å²) in [4.78, 5) is 26.1. The lowest BCUT2D eigenvalue weighted by Gasteiger charge is -2.43. The van der Waals surface area contributed by atoms with Crippen LogP contribution in [0.25, 0.3) is 0 Å². The van der Waals surface area contributed by atoms with Crippen LogP contribution in [0, 0.1) is 5.92 Å². The van der Waals surface area contributed by atoms with Gasteiger partial charge in [-0.05, 0) is 33.1 Å². The summed E-state index contributed by atoms with van der Waals surface area (Å²) >= 11 is 0. The molecule has 2 rings (SSSR count). The molecule has 0 aromatic rings. The molecule has 2 aliphatic heterocycles. The molecule has 0 spiro atoms. The first-order valence-corrected chi connectivity index (χ1v) is 6.46. The van der Waals surface area contributed by atoms with Crippen LogP contribution in [0.5, 0.6) is 0 Å². The smallest absolute Gasteiger partial charge is 0.226 e. The standard InChI is InChI=1S/C13H21NO3/c1-13(2)11(15)4-3-7-14(13)12(16)10-5-8-17-9-6-10/h10H,3-9H2,1-2H3. The number of hydrogen-bond donors (Lipinski definition) is 0. The van der Waals surface area contributed by atoms with Crippen LogP contribution in [0.15, 0.2) is 0 Å². The number of rotatable bonds is 1. The highest BCUT2D eigenvalue weighted by molar-refractivity contribution is 5.93. The predicted octanol–water partition coefficient (Wildman–Crippen LogP) is 1.38. The lowest BCUT2D eigenvalue weighted by molar-refractivity contribution is -0.153. The molecule has 2 saturated heterocycles. The molecule has 0 aromatic carbocycles. The maximum Gasteiger partial charge on any atom is 0.226 e. The van der Waals surface area contributed by atoms with Crippen LogP contribution >= 0.6 is 0 Å². The Kier molecular flexibility index (Phi) is 3.52. The summed E-state index contributed by atoms with van der Waals surface area (Å²) in [5.41, 5.74) is -0.617. The Bertz CT molecular complexity index is 319. The van der Waals surface area contributed by atoms with Crippen LogP contribution in [0.2, 0.25) is 0 Å². The van der Waals surface area contributed by atoms with Gasteiger partial charge in [-0.25, -0.2) is 0 Å². The Morgan fingerprint density at radius 1 is 1.35 bits per heavy atom. The number of piperidine rings is 1. The third kappa shape index (κ3) is 2.37. The van der Waals surface area contributed by atoms with Crippen LogP contribution < -0.4 is 0 Å². The van der Waals surface area contributed by atoms with Crippen molar-refractivity contribution in [3.05, 3.63) is 0 Å². The first-order chi connectivity index (χ1) is 8.03. The molecule has 17 heavy (non-hydrogen) atoms. The van der Waals surface area contributed by atoms with E-state index in [-0.39, 0.29) is 17.6 Å². The molecule has 4 nitrogen and oxygen atoms in total. The highest BCUT2D eigenvalue weighted by atomic mass is 16.5. The minimum atomic E-state index is -0.617. The second-order valence-corrected chi connectivity index (χ2v) is 5.46. The van der Waals surface area contributed by atoms with E-state index in [1.165, 1.54) is 0 Å². The largest absolute Gasteiger partial charge is 0.381 e. The van der Waals surface area contributed by atoms with Crippen LogP contribution in [0.1, 0.15) is 39.5 Å². The highest BCUT2D eigenvalue weighted by Crippen LogP contribution is 2.28. The van der Waals surface area contributed by atoms with E-state index in [0.717, 1.165) is 25.8 Å². The second-order valence-electron chi connectivity index (χ2n) is 5.46. The number of likely N-dealkylation sites (tertiary alicyclic amines) is 1. The molecular weight excluding hydrogens is 218 g/mol. The summed E-state index contributed by atoms with van der Waals surface area (Å²) in [6.45, 7) is 5.78. The van der Waals surface area contributed by atoms with Crippen molar-refractivity contribution in [2.45, 2.75) is 45.1 Å². The van der Waals surface area contributed by atoms with Crippen molar-refractivity contribution in [3.8, 4) is 0 Å². The van der Waals surface area contributed by atoms with E-state index in [4.69, 9.17) is 4.74 Å². The summed E-state index contributed by atoms with van der Waals surface area (Å²) in [6, 6.07) is 0. The predicted molar refractivity (Wildman–Crippen MR) is 63.6 cm³/mol. The third-order valence-electron chi connectivity index (χ3n) is 3.98. The summed E-state index contributed by atoms with van der Waals surface area (Å²) in [5.74, 6) is 0.379. The van der Waals surface area contributed by atoms with E-state index < -0.39 is 5.54 Å². The number of nitrogens with zero attached hydrogens (tertiary/aromatic N) is 1. The van der Waals surface area contributed by atoms with Crippen LogP contribution in [0.4, 0.5) is 0 Å². The van der Waals surface area contributed by atoms with E-state index in [1.807, 2.05) is 13.8 Å². The fraction of sp³-hybridized carbons (Fsp3) is 0.846. The lowest BCUT2D eigenvalue weighted by Crippen LogP contribution is -2.58. The molecule has 0 unspecified atom stereocenters. The van der Waals surface area contributed by atoms with Gasteiger partial charge in [0.15, 0.2) is 5.78 Å². The quantitative estimate of drug-likeness (QED) is 0.694. The Morgan fingerprint density at radius 2 is 2.00 bits per heavy atom. The van der Waals surface area contributed by atoms with Crippen molar-refractivity contribution in [2.75, 3.05) is 19.8 Å². The molecule has 96 valence electrons. The zero-order chi connectivity index (χ0) is 12.5. The van der Waals surface area contributed by atoms with Gasteiger partial charge >= 0.3 is 0 Å². The molecule has 0 saturated carbocycles. The Hall–Kier alpha value is -0.900. The fourth-order valence-electron chi connectivity index (χ4n) is 2.68. The van der Waals surface area contributed by atoms with E-state index in [0.29, 0.717) is 19.6 Å². The van der Waals surface area contributed by atoms with Crippen LogP contribution in [-0.4, -0.2) is 41.9 Å². The first kappa shape index (κ1) is 12.6. The number of carbonyl (C=O) groups is 2. The van der Waals surface area contributed by atoms with Crippen molar-refractivity contribution < 1.29 is 14.3 Å². The molecule has 4 heteroatoms. The van der Waals surface area contributed by atoms with E-state index in [2.05, 4.69) is 0 Å². The average molecular weight is 239 g/mol. The minimum absolute atomic E-state index is 0.0499. The number of ether oxygens (including phenoxy) is 1. The molecule has 0 atom stereocenters. The van der Waals surface area contributed by atoms with Gasteiger partial charge in [-0.2, -0.15) is 0 Å². The first-order valence-electron chi connectivity index (χ1n) is 6.46. The zero-order valence-corrected chi connectivity index (χ0v) is 10.7. The SMILES string of the molecule is CC1(C)C(=O)CCCN1C(=O)C1CCOCC1. The lowest BCUT2D eigenvalue weighted by atomic mass is 9.86. The number of hydrogen-bond acceptors (Lipinski definition) is 3. The highest BCUT2D eigenvalue weighted by Gasteiger charge is 2.42. The van der Waals surface area contributed by atoms with Crippen molar-refractivity contribution in [3.63, 3.8) is 0 Å². The molecule has 2 heterocycles. The van der Waals surface area contributed by atoms with Crippen molar-refractivity contribution in [1.29, 1.82) is 0 Å². The van der Waals surface area contributed by atoms with Gasteiger partial charge in [0, 0.05) is 32.1 Å². The molecule has 0 aliphatic carbocycles. The number of ketones is 1. The molecule has 0 radical (unpaired) electrons. The van der Waals surface area contributed by atoms with E-state index in [1.54, 1.807) is 4.90 Å². The molecule has 0 N–H and O–H groups in total. The fourth-order valence-corrected chi connectivity index (χ4v) is 2.68. The normalized spacial score (nSPS) is 26.0. The Morgan fingerprint density at radius 3 is 2.65 bits per heavy atom. The number of Topliss-reactive ketones (excluding diaryl/α,β-unsaturated/α-hetero) is 1. The van der Waals surface area contributed by atoms with Gasteiger partial charge in [0.1, 0.15) is 0 Å². The second kappa shape index (κ2) is 4.77. The van der Waals surface area contributed by atoms with Gasteiger partial charge in [0.05, 0.1) is 5.54 Å². The zero-order valence-electron chi connectivity index (χ0n) is 10.7. The Balaban J connectivity index is 2.09. The molecule has 0 aromatic heterocycles. The van der Waals surface area contributed by atoms with Gasteiger partial charge in [-0.1, -0.05) is 0 Å². The van der Waals surface area contributed by atoms with Crippen molar-refractivity contribution >= 4 is 11.7 Å². The Labute approximate surface area is 102 Å². The van der Waals surface area contributed by atoms with E-state index in [9.17, 15) is 9.59 Å². The molecule has 2 fully saturated rings. The third-order valence-corrected chi connectivity index (χ3v) is 3.98. The van der Waals surface area contributed by atoms with Gasteiger partial charge in [0.2, 0.25) is 5.91 Å². The van der Waals surface area contributed by atoms with E-state index >= 15 is 0 Å². The summed E-state index contributed by atoms with van der Waals surface area (Å²) in [5, 5.41) is 0. The number of carbonyl (C=O) groups excluding carboxylic acids is 2. The minimum Gasteiger partial charge on any atom is -0.381 e. The number of amides is 1. The molecule has 1 amide bonds. The van der Waals surface area contributed by atoms with Gasteiger partial charge in [-0.15, -0.1) is 0 Å². The van der Waals surface area contributed by atoms with Crippen molar-refractivity contribution in [1.82, 2.24) is 4.90 Å². The molecule has 2 aliphatic rings. The van der Waals surface area contributed by atoms with Crippen LogP contribution in [0.3, 0.4) is 0 Å². The summed E-state index contributed by atoms with van der Waals surface area (Å²) in [7, 11) is 0. The van der Waals surface area contributed by atoms with Gasteiger partial charge in [-0.3, -0.25) is 9.59 Å². The summed E-state index contributed by atoms with van der Waals surface area (Å²) in [6.07, 6.45) is 2.99. The van der Waals surface area contributed by atoms with Crippen LogP contribution in [-0.2, 0) is 14.3 Å². The monoisotopic (exact) mass is 239 g/mol.